The number of aromatic amines is 1. The molecule has 1 aromatic heterocycles. The van der Waals surface area contributed by atoms with Gasteiger partial charge in [0.15, 0.2) is 5.78 Å². The fourth-order valence-corrected chi connectivity index (χ4v) is 3.59. The van der Waals surface area contributed by atoms with E-state index in [4.69, 9.17) is 0 Å². The Morgan fingerprint density at radius 2 is 1.92 bits per heavy atom. The lowest BCUT2D eigenvalue weighted by molar-refractivity contribution is 0.0600. The second kappa shape index (κ2) is 5.38. The smallest absolute Gasteiger partial charge is 0.198 e. The molecule has 0 amide bonds. The number of nitrogens with one attached hydrogen (secondary N) is 2. The van der Waals surface area contributed by atoms with E-state index in [9.17, 15) is 14.3 Å². The third-order valence-electron chi connectivity index (χ3n) is 5.05. The van der Waals surface area contributed by atoms with Gasteiger partial charge in [0.1, 0.15) is 17.7 Å². The molecule has 1 unspecified atom stereocenters. The number of carbonyl (C=O) groups excluding carboxylic acids is 1. The van der Waals surface area contributed by atoms with Gasteiger partial charge in [-0.2, -0.15) is 0 Å². The van der Waals surface area contributed by atoms with Crippen LogP contribution in [0.4, 0.5) is 14.5 Å². The van der Waals surface area contributed by atoms with E-state index in [1.165, 1.54) is 0 Å². The maximum Gasteiger partial charge on any atom is 0.198 e. The molecule has 0 bridgehead atoms. The van der Waals surface area contributed by atoms with Gasteiger partial charge in [0, 0.05) is 17.1 Å². The van der Waals surface area contributed by atoms with Gasteiger partial charge in [0.05, 0.1) is 27.9 Å². The molecule has 0 spiro atoms. The lowest BCUT2D eigenvalue weighted by Gasteiger charge is -2.37. The van der Waals surface area contributed by atoms with Crippen LogP contribution in [-0.2, 0) is 0 Å². The first-order valence-electron chi connectivity index (χ1n) is 8.32. The minimum Gasteiger partial charge on any atom is -0.382 e. The number of para-hydroxylation sites is 1. The number of benzene rings is 2. The molecule has 0 saturated heterocycles. The van der Waals surface area contributed by atoms with E-state index in [0.29, 0.717) is 11.1 Å². The van der Waals surface area contributed by atoms with Crippen molar-refractivity contribution in [1.82, 2.24) is 4.98 Å². The molecular formula is C20H18F2N2O2. The third kappa shape index (κ3) is 2.18. The average molecular weight is 356 g/mol. The summed E-state index contributed by atoms with van der Waals surface area (Å²) in [7, 11) is 0. The van der Waals surface area contributed by atoms with Crippen molar-refractivity contribution in [1.29, 1.82) is 0 Å². The molecule has 26 heavy (non-hydrogen) atoms. The Morgan fingerprint density at radius 1 is 1.19 bits per heavy atom. The van der Waals surface area contributed by atoms with Crippen LogP contribution in [0.2, 0.25) is 0 Å². The van der Waals surface area contributed by atoms with Crippen molar-refractivity contribution in [3.8, 4) is 11.1 Å². The largest absolute Gasteiger partial charge is 0.382 e. The van der Waals surface area contributed by atoms with Crippen LogP contribution in [0.15, 0.2) is 30.5 Å². The van der Waals surface area contributed by atoms with Crippen LogP contribution in [0, 0.1) is 18.6 Å². The summed E-state index contributed by atoms with van der Waals surface area (Å²) in [6.07, 6.45) is 0.341. The molecule has 2 heterocycles. The van der Waals surface area contributed by atoms with Crippen molar-refractivity contribution < 1.29 is 18.7 Å². The molecule has 1 aliphatic heterocycles. The highest BCUT2D eigenvalue weighted by atomic mass is 19.1. The van der Waals surface area contributed by atoms with E-state index in [2.05, 4.69) is 10.3 Å². The van der Waals surface area contributed by atoms with E-state index >= 15 is 4.39 Å². The number of Topliss-reactive ketones (excluding diaryl/α,β-unsaturated/α-hetero) is 1. The zero-order chi connectivity index (χ0) is 18.8. The van der Waals surface area contributed by atoms with Gasteiger partial charge in [0.25, 0.3) is 0 Å². The summed E-state index contributed by atoms with van der Waals surface area (Å²) in [4.78, 5) is 15.6. The van der Waals surface area contributed by atoms with Gasteiger partial charge >= 0.3 is 0 Å². The fourth-order valence-electron chi connectivity index (χ4n) is 3.59. The second-order valence-electron chi connectivity index (χ2n) is 7.28. The van der Waals surface area contributed by atoms with Gasteiger partial charge in [-0.25, -0.2) is 8.78 Å². The number of aryl methyl sites for hydroxylation is 1. The van der Waals surface area contributed by atoms with Gasteiger partial charge in [0.2, 0.25) is 0 Å². The number of anilines is 1. The predicted octanol–water partition coefficient (Wildman–Crippen LogP) is 4.17. The van der Waals surface area contributed by atoms with Gasteiger partial charge in [-0.3, -0.25) is 4.79 Å². The molecule has 0 radical (unpaired) electrons. The van der Waals surface area contributed by atoms with E-state index in [1.807, 2.05) is 13.0 Å². The molecule has 0 aliphatic carbocycles. The first-order valence-corrected chi connectivity index (χ1v) is 8.32. The summed E-state index contributed by atoms with van der Waals surface area (Å²) in [6, 6.07) is 6.30. The number of H-pyrrole nitrogens is 1. The number of aliphatic hydroxyl groups is 1. The van der Waals surface area contributed by atoms with Crippen molar-refractivity contribution in [2.45, 2.75) is 32.4 Å². The number of rotatable bonds is 1. The summed E-state index contributed by atoms with van der Waals surface area (Å²) < 4.78 is 30.2. The summed E-state index contributed by atoms with van der Waals surface area (Å²) >= 11 is 0. The highest BCUT2D eigenvalue weighted by Gasteiger charge is 2.42. The molecular weight excluding hydrogens is 338 g/mol. The monoisotopic (exact) mass is 356 g/mol. The number of aromatic nitrogens is 1. The lowest BCUT2D eigenvalue weighted by atomic mass is 9.83. The SMILES string of the molecule is Cc1c[nH]c2c(-c3c(F)cc4c(c3F)C(=O)C(O)C(C)(C)N4)cccc12. The predicted molar refractivity (Wildman–Crippen MR) is 96.4 cm³/mol. The number of hydrogen-bond acceptors (Lipinski definition) is 3. The van der Waals surface area contributed by atoms with Gasteiger partial charge < -0.3 is 15.4 Å². The number of halogens is 2. The van der Waals surface area contributed by atoms with Crippen LogP contribution >= 0.6 is 0 Å². The molecule has 6 heteroatoms. The Morgan fingerprint density at radius 3 is 2.65 bits per heavy atom. The van der Waals surface area contributed by atoms with Crippen LogP contribution < -0.4 is 5.32 Å². The van der Waals surface area contributed by atoms with Crippen molar-refractivity contribution in [3.63, 3.8) is 0 Å². The van der Waals surface area contributed by atoms with Crippen LogP contribution in [0.3, 0.4) is 0 Å². The molecule has 4 rings (SSSR count). The maximum absolute atomic E-state index is 15.3. The Labute approximate surface area is 148 Å². The van der Waals surface area contributed by atoms with Crippen LogP contribution in [-0.4, -0.2) is 27.5 Å². The number of fused-ring (bicyclic) bond motifs is 2. The van der Waals surface area contributed by atoms with E-state index < -0.39 is 29.1 Å². The molecule has 0 fully saturated rings. The molecule has 1 aliphatic rings. The Balaban J connectivity index is 2.02. The highest BCUT2D eigenvalue weighted by Crippen LogP contribution is 2.40. The quantitative estimate of drug-likeness (QED) is 0.613. The summed E-state index contributed by atoms with van der Waals surface area (Å²) in [5.74, 6) is -2.49. The molecule has 134 valence electrons. The minimum atomic E-state index is -1.42. The van der Waals surface area contributed by atoms with Crippen molar-refractivity contribution >= 4 is 22.4 Å². The number of ketones is 1. The Hall–Kier alpha value is -2.73. The van der Waals surface area contributed by atoms with Gasteiger partial charge in [-0.05, 0) is 32.4 Å². The van der Waals surface area contributed by atoms with Crippen molar-refractivity contribution in [2.24, 2.45) is 0 Å². The van der Waals surface area contributed by atoms with Crippen molar-refractivity contribution in [3.05, 3.63) is 53.2 Å². The molecule has 3 aromatic rings. The average Bonchev–Trinajstić information content (AvgIpc) is 2.94. The normalized spacial score (nSPS) is 18.7. The van der Waals surface area contributed by atoms with Gasteiger partial charge in [-0.1, -0.05) is 18.2 Å². The topological polar surface area (TPSA) is 65.1 Å². The van der Waals surface area contributed by atoms with Gasteiger partial charge in [-0.15, -0.1) is 0 Å². The molecule has 4 nitrogen and oxygen atoms in total. The standard InChI is InChI=1S/C20H18F2N2O2/c1-9-8-23-17-10(9)5-4-6-11(17)14-12(21)7-13-15(16(14)22)18(25)19(26)20(2,3)24-13/h4-8,19,23-24,26H,1-3H3. The zero-order valence-corrected chi connectivity index (χ0v) is 14.6. The van der Waals surface area contributed by atoms with Crippen molar-refractivity contribution in [2.75, 3.05) is 5.32 Å². The van der Waals surface area contributed by atoms with Crippen LogP contribution in [0.5, 0.6) is 0 Å². The lowest BCUT2D eigenvalue weighted by Crippen LogP contribution is -2.52. The third-order valence-corrected chi connectivity index (χ3v) is 5.05. The first kappa shape index (κ1) is 16.7. The minimum absolute atomic E-state index is 0.0545. The van der Waals surface area contributed by atoms with Crippen LogP contribution in [0.1, 0.15) is 29.8 Å². The molecule has 1 atom stereocenters. The number of hydrogen-bond donors (Lipinski definition) is 3. The van der Waals surface area contributed by atoms with E-state index in [0.717, 1.165) is 17.0 Å². The summed E-state index contributed by atoms with van der Waals surface area (Å²) in [5, 5.41) is 13.9. The van der Waals surface area contributed by atoms with E-state index in [-0.39, 0.29) is 16.8 Å². The number of aliphatic hydroxyl groups excluding tert-OH is 1. The fraction of sp³-hybridized carbons (Fsp3) is 0.250. The molecule has 2 aromatic carbocycles. The molecule has 3 N–H and O–H groups in total. The molecule has 0 saturated carbocycles. The summed E-state index contributed by atoms with van der Waals surface area (Å²) in [6.45, 7) is 5.10. The highest BCUT2D eigenvalue weighted by molar-refractivity contribution is 6.09. The Kier molecular flexibility index (Phi) is 3.46. The van der Waals surface area contributed by atoms with Crippen LogP contribution in [0.25, 0.3) is 22.0 Å². The summed E-state index contributed by atoms with van der Waals surface area (Å²) in [5.41, 5.74) is 0.336. The van der Waals surface area contributed by atoms with E-state index in [1.54, 1.807) is 32.2 Å². The first-order chi connectivity index (χ1) is 12.2. The second-order valence-corrected chi connectivity index (χ2v) is 7.28. The zero-order valence-electron chi connectivity index (χ0n) is 14.6. The Bertz CT molecular complexity index is 1070. The number of carbonyl (C=O) groups is 1. The maximum atomic E-state index is 15.3.